The number of aromatic nitrogens is 1. The lowest BCUT2D eigenvalue weighted by Crippen LogP contribution is -2.21. The zero-order valence-corrected chi connectivity index (χ0v) is 10.5. The Labute approximate surface area is 112 Å². The van der Waals surface area contributed by atoms with Crippen LogP contribution in [0, 0.1) is 11.3 Å². The van der Waals surface area contributed by atoms with Crippen molar-refractivity contribution in [2.75, 3.05) is 6.54 Å². The molecule has 0 aliphatic rings. The van der Waals surface area contributed by atoms with Gasteiger partial charge in [-0.05, 0) is 11.6 Å². The van der Waals surface area contributed by atoms with Gasteiger partial charge in [0.05, 0.1) is 6.10 Å². The van der Waals surface area contributed by atoms with Crippen molar-refractivity contribution < 1.29 is 5.11 Å². The monoisotopic (exact) mass is 253 g/mol. The molecule has 0 saturated carbocycles. The fourth-order valence-corrected chi connectivity index (χ4v) is 1.82. The topological polar surface area (TPSA) is 68.9 Å². The van der Waals surface area contributed by atoms with Crippen molar-refractivity contribution >= 4 is 0 Å². The van der Waals surface area contributed by atoms with Crippen LogP contribution in [-0.4, -0.2) is 16.6 Å². The standard InChI is InChI=1S/C15H15N3O/c16-9-14-13(7-4-8-18-14)10-17-11-15(19)12-5-2-1-3-6-12/h1-8,15,17,19H,10-11H2. The fraction of sp³-hybridized carbons (Fsp3) is 0.200. The second-order valence-electron chi connectivity index (χ2n) is 4.18. The number of benzene rings is 1. The van der Waals surface area contributed by atoms with Crippen LogP contribution in [0.1, 0.15) is 22.9 Å². The van der Waals surface area contributed by atoms with E-state index in [0.717, 1.165) is 11.1 Å². The molecule has 0 saturated heterocycles. The van der Waals surface area contributed by atoms with Crippen LogP contribution in [0.25, 0.3) is 0 Å². The van der Waals surface area contributed by atoms with Crippen molar-refractivity contribution in [2.45, 2.75) is 12.6 Å². The molecular formula is C15H15N3O. The lowest BCUT2D eigenvalue weighted by molar-refractivity contribution is 0.174. The maximum Gasteiger partial charge on any atom is 0.144 e. The molecule has 1 unspecified atom stereocenters. The number of rotatable bonds is 5. The van der Waals surface area contributed by atoms with Crippen molar-refractivity contribution in [3.8, 4) is 6.07 Å². The minimum absolute atomic E-state index is 0.421. The molecule has 1 aromatic carbocycles. The Balaban J connectivity index is 1.89. The number of nitrogens with one attached hydrogen (secondary N) is 1. The Morgan fingerprint density at radius 1 is 1.21 bits per heavy atom. The van der Waals surface area contributed by atoms with Crippen LogP contribution in [0.2, 0.25) is 0 Å². The summed E-state index contributed by atoms with van der Waals surface area (Å²) in [5.41, 5.74) is 2.14. The number of aliphatic hydroxyl groups excluding tert-OH is 1. The Morgan fingerprint density at radius 3 is 2.74 bits per heavy atom. The van der Waals surface area contributed by atoms with Crippen LogP contribution in [0.3, 0.4) is 0 Å². The molecule has 4 nitrogen and oxygen atoms in total. The Hall–Kier alpha value is -2.22. The van der Waals surface area contributed by atoms with Gasteiger partial charge < -0.3 is 10.4 Å². The van der Waals surface area contributed by atoms with E-state index in [1.807, 2.05) is 36.4 Å². The highest BCUT2D eigenvalue weighted by molar-refractivity contribution is 5.30. The van der Waals surface area contributed by atoms with Gasteiger partial charge in [0.2, 0.25) is 0 Å². The summed E-state index contributed by atoms with van der Waals surface area (Å²) in [4.78, 5) is 3.99. The summed E-state index contributed by atoms with van der Waals surface area (Å²) in [7, 11) is 0. The van der Waals surface area contributed by atoms with E-state index in [9.17, 15) is 5.11 Å². The zero-order chi connectivity index (χ0) is 13.5. The highest BCUT2D eigenvalue weighted by Gasteiger charge is 2.07. The minimum Gasteiger partial charge on any atom is -0.387 e. The van der Waals surface area contributed by atoms with Gasteiger partial charge in [-0.3, -0.25) is 0 Å². The number of hydrogen-bond acceptors (Lipinski definition) is 4. The van der Waals surface area contributed by atoms with E-state index in [0.29, 0.717) is 18.8 Å². The third kappa shape index (κ3) is 3.62. The predicted octanol–water partition coefficient (Wildman–Crippen LogP) is 1.78. The van der Waals surface area contributed by atoms with Crippen LogP contribution in [0.4, 0.5) is 0 Å². The quantitative estimate of drug-likeness (QED) is 0.852. The number of hydrogen-bond donors (Lipinski definition) is 2. The highest BCUT2D eigenvalue weighted by atomic mass is 16.3. The summed E-state index contributed by atoms with van der Waals surface area (Å²) in [6.07, 6.45) is 1.05. The van der Waals surface area contributed by atoms with Crippen LogP contribution in [0.15, 0.2) is 48.7 Å². The van der Waals surface area contributed by atoms with Crippen molar-refractivity contribution in [1.29, 1.82) is 5.26 Å². The van der Waals surface area contributed by atoms with E-state index in [4.69, 9.17) is 5.26 Å². The first-order valence-electron chi connectivity index (χ1n) is 6.09. The lowest BCUT2D eigenvalue weighted by atomic mass is 10.1. The molecule has 0 amide bonds. The van der Waals surface area contributed by atoms with Crippen molar-refractivity contribution in [3.05, 3.63) is 65.5 Å². The molecule has 0 aliphatic heterocycles. The fourth-order valence-electron chi connectivity index (χ4n) is 1.82. The number of nitrogens with zero attached hydrogens (tertiary/aromatic N) is 2. The molecular weight excluding hydrogens is 238 g/mol. The van der Waals surface area contributed by atoms with Crippen LogP contribution < -0.4 is 5.32 Å². The molecule has 96 valence electrons. The van der Waals surface area contributed by atoms with Gasteiger partial charge in [-0.25, -0.2) is 4.98 Å². The maximum atomic E-state index is 9.98. The molecule has 4 heteroatoms. The van der Waals surface area contributed by atoms with Gasteiger partial charge in [0.25, 0.3) is 0 Å². The van der Waals surface area contributed by atoms with Crippen molar-refractivity contribution in [1.82, 2.24) is 10.3 Å². The minimum atomic E-state index is -0.552. The van der Waals surface area contributed by atoms with E-state index in [1.165, 1.54) is 0 Å². The average Bonchev–Trinajstić information content (AvgIpc) is 2.48. The Kier molecular flexibility index (Phi) is 4.62. The number of pyridine rings is 1. The molecule has 19 heavy (non-hydrogen) atoms. The first-order valence-corrected chi connectivity index (χ1v) is 6.09. The van der Waals surface area contributed by atoms with E-state index < -0.39 is 6.10 Å². The molecule has 0 aliphatic carbocycles. The summed E-state index contributed by atoms with van der Waals surface area (Å²) >= 11 is 0. The second-order valence-corrected chi connectivity index (χ2v) is 4.18. The Bertz CT molecular complexity index is 563. The number of nitriles is 1. The summed E-state index contributed by atoms with van der Waals surface area (Å²) in [5, 5.41) is 22.0. The molecule has 1 atom stereocenters. The van der Waals surface area contributed by atoms with E-state index in [1.54, 1.807) is 12.3 Å². The molecule has 1 heterocycles. The van der Waals surface area contributed by atoms with Gasteiger partial charge in [0, 0.05) is 24.8 Å². The smallest absolute Gasteiger partial charge is 0.144 e. The first kappa shape index (κ1) is 13.2. The molecule has 1 aromatic heterocycles. The molecule has 2 N–H and O–H groups in total. The number of aliphatic hydroxyl groups is 1. The highest BCUT2D eigenvalue weighted by Crippen LogP contribution is 2.11. The molecule has 0 bridgehead atoms. The largest absolute Gasteiger partial charge is 0.387 e. The predicted molar refractivity (Wildman–Crippen MR) is 72.1 cm³/mol. The second kappa shape index (κ2) is 6.64. The molecule has 0 radical (unpaired) electrons. The van der Waals surface area contributed by atoms with Gasteiger partial charge >= 0.3 is 0 Å². The van der Waals surface area contributed by atoms with Crippen LogP contribution in [0.5, 0.6) is 0 Å². The normalized spacial score (nSPS) is 11.8. The first-order chi connectivity index (χ1) is 9.31. The van der Waals surface area contributed by atoms with E-state index in [2.05, 4.69) is 16.4 Å². The van der Waals surface area contributed by atoms with Gasteiger partial charge in [-0.15, -0.1) is 0 Å². The average molecular weight is 253 g/mol. The van der Waals surface area contributed by atoms with E-state index in [-0.39, 0.29) is 0 Å². The van der Waals surface area contributed by atoms with Crippen LogP contribution >= 0.6 is 0 Å². The van der Waals surface area contributed by atoms with Gasteiger partial charge in [0.15, 0.2) is 0 Å². The van der Waals surface area contributed by atoms with E-state index >= 15 is 0 Å². The van der Waals surface area contributed by atoms with Crippen LogP contribution in [-0.2, 0) is 6.54 Å². The molecule has 2 rings (SSSR count). The lowest BCUT2D eigenvalue weighted by Gasteiger charge is -2.12. The van der Waals surface area contributed by atoms with Gasteiger partial charge in [0.1, 0.15) is 11.8 Å². The maximum absolute atomic E-state index is 9.98. The summed E-state index contributed by atoms with van der Waals surface area (Å²) in [5.74, 6) is 0. The summed E-state index contributed by atoms with van der Waals surface area (Å²) in [6, 6.07) is 15.2. The van der Waals surface area contributed by atoms with Gasteiger partial charge in [-0.1, -0.05) is 36.4 Å². The van der Waals surface area contributed by atoms with Crippen molar-refractivity contribution in [2.24, 2.45) is 0 Å². The molecule has 2 aromatic rings. The Morgan fingerprint density at radius 2 is 2.00 bits per heavy atom. The summed E-state index contributed by atoms with van der Waals surface area (Å²) < 4.78 is 0. The van der Waals surface area contributed by atoms with Crippen molar-refractivity contribution in [3.63, 3.8) is 0 Å². The summed E-state index contributed by atoms with van der Waals surface area (Å²) in [6.45, 7) is 0.949. The molecule has 0 fully saturated rings. The van der Waals surface area contributed by atoms with Gasteiger partial charge in [-0.2, -0.15) is 5.26 Å². The zero-order valence-electron chi connectivity index (χ0n) is 10.5. The molecule has 0 spiro atoms. The third-order valence-electron chi connectivity index (χ3n) is 2.83. The third-order valence-corrected chi connectivity index (χ3v) is 2.83. The SMILES string of the molecule is N#Cc1ncccc1CNCC(O)c1ccccc1.